The SMILES string of the molecule is Cc1cccc(C(C)C)c1NC(=O)/C=C/c1ccco1. The smallest absolute Gasteiger partial charge is 0.248 e. The minimum absolute atomic E-state index is 0.155. The molecule has 0 aliphatic carbocycles. The van der Waals surface area contributed by atoms with Gasteiger partial charge in [-0.1, -0.05) is 32.0 Å². The van der Waals surface area contributed by atoms with Crippen molar-refractivity contribution < 1.29 is 9.21 Å². The van der Waals surface area contributed by atoms with E-state index in [1.165, 1.54) is 6.08 Å². The maximum Gasteiger partial charge on any atom is 0.248 e. The number of furan rings is 1. The Balaban J connectivity index is 2.15. The average Bonchev–Trinajstić information content (AvgIpc) is 2.91. The van der Waals surface area contributed by atoms with Crippen LogP contribution in [0, 0.1) is 6.92 Å². The fraction of sp³-hybridized carbons (Fsp3) is 0.235. The van der Waals surface area contributed by atoms with Gasteiger partial charge < -0.3 is 9.73 Å². The van der Waals surface area contributed by atoms with Crippen molar-refractivity contribution in [2.75, 3.05) is 5.32 Å². The number of rotatable bonds is 4. The van der Waals surface area contributed by atoms with Crippen molar-refractivity contribution in [3.63, 3.8) is 0 Å². The number of hydrogen-bond acceptors (Lipinski definition) is 2. The van der Waals surface area contributed by atoms with Gasteiger partial charge in [0, 0.05) is 11.8 Å². The molecule has 0 spiro atoms. The topological polar surface area (TPSA) is 42.2 Å². The van der Waals surface area contributed by atoms with E-state index < -0.39 is 0 Å². The van der Waals surface area contributed by atoms with E-state index in [2.05, 4.69) is 19.2 Å². The van der Waals surface area contributed by atoms with Gasteiger partial charge in [0.25, 0.3) is 0 Å². The van der Waals surface area contributed by atoms with Crippen molar-refractivity contribution in [3.8, 4) is 0 Å². The zero-order valence-electron chi connectivity index (χ0n) is 12.0. The van der Waals surface area contributed by atoms with Crippen LogP contribution in [0.4, 0.5) is 5.69 Å². The van der Waals surface area contributed by atoms with Crippen molar-refractivity contribution in [1.82, 2.24) is 0 Å². The molecule has 0 aliphatic heterocycles. The van der Waals surface area contributed by atoms with Gasteiger partial charge in [-0.25, -0.2) is 0 Å². The molecule has 3 nitrogen and oxygen atoms in total. The number of para-hydroxylation sites is 1. The second kappa shape index (κ2) is 6.24. The highest BCUT2D eigenvalue weighted by atomic mass is 16.3. The molecule has 104 valence electrons. The third-order valence-corrected chi connectivity index (χ3v) is 3.12. The molecule has 0 saturated carbocycles. The number of anilines is 1. The van der Waals surface area contributed by atoms with E-state index in [1.54, 1.807) is 24.5 Å². The largest absolute Gasteiger partial charge is 0.465 e. The van der Waals surface area contributed by atoms with Crippen LogP contribution < -0.4 is 5.32 Å². The summed E-state index contributed by atoms with van der Waals surface area (Å²) in [6.45, 7) is 6.23. The molecule has 1 aromatic heterocycles. The number of hydrogen-bond donors (Lipinski definition) is 1. The molecule has 0 saturated heterocycles. The molecule has 1 aromatic carbocycles. The standard InChI is InChI=1S/C17H19NO2/c1-12(2)15-8-4-6-13(3)17(15)18-16(19)10-9-14-7-5-11-20-14/h4-12H,1-3H3,(H,18,19)/b10-9+. The number of amides is 1. The Morgan fingerprint density at radius 3 is 2.70 bits per heavy atom. The number of carbonyl (C=O) groups is 1. The summed E-state index contributed by atoms with van der Waals surface area (Å²) in [6, 6.07) is 9.65. The van der Waals surface area contributed by atoms with Crippen LogP contribution in [-0.2, 0) is 4.79 Å². The second-order valence-electron chi connectivity index (χ2n) is 5.03. The lowest BCUT2D eigenvalue weighted by Gasteiger charge is -2.15. The molecular weight excluding hydrogens is 250 g/mol. The summed E-state index contributed by atoms with van der Waals surface area (Å²) >= 11 is 0. The first kappa shape index (κ1) is 14.1. The van der Waals surface area contributed by atoms with Gasteiger partial charge in [0.15, 0.2) is 0 Å². The van der Waals surface area contributed by atoms with E-state index in [-0.39, 0.29) is 5.91 Å². The zero-order chi connectivity index (χ0) is 14.5. The van der Waals surface area contributed by atoms with E-state index in [1.807, 2.05) is 25.1 Å². The number of nitrogens with one attached hydrogen (secondary N) is 1. The summed E-state index contributed by atoms with van der Waals surface area (Å²) < 4.78 is 5.15. The van der Waals surface area contributed by atoms with Gasteiger partial charge in [0.2, 0.25) is 5.91 Å². The molecule has 20 heavy (non-hydrogen) atoms. The molecule has 0 atom stereocenters. The molecule has 0 bridgehead atoms. The number of aryl methyl sites for hydroxylation is 1. The molecule has 0 unspecified atom stereocenters. The summed E-state index contributed by atoms with van der Waals surface area (Å²) in [5, 5.41) is 2.96. The predicted molar refractivity (Wildman–Crippen MR) is 81.6 cm³/mol. The van der Waals surface area contributed by atoms with Crippen LogP contribution in [0.2, 0.25) is 0 Å². The van der Waals surface area contributed by atoms with Crippen LogP contribution in [0.1, 0.15) is 36.7 Å². The Hall–Kier alpha value is -2.29. The van der Waals surface area contributed by atoms with Gasteiger partial charge in [-0.2, -0.15) is 0 Å². The monoisotopic (exact) mass is 269 g/mol. The molecule has 1 N–H and O–H groups in total. The summed E-state index contributed by atoms with van der Waals surface area (Å²) in [5.41, 5.74) is 3.11. The van der Waals surface area contributed by atoms with E-state index in [9.17, 15) is 4.79 Å². The molecule has 1 heterocycles. The first-order valence-electron chi connectivity index (χ1n) is 6.70. The Morgan fingerprint density at radius 2 is 2.05 bits per heavy atom. The summed E-state index contributed by atoms with van der Waals surface area (Å²) in [6.07, 6.45) is 4.72. The lowest BCUT2D eigenvalue weighted by Crippen LogP contribution is -2.11. The molecular formula is C17H19NO2. The van der Waals surface area contributed by atoms with Gasteiger partial charge in [-0.3, -0.25) is 4.79 Å². The van der Waals surface area contributed by atoms with Crippen LogP contribution in [0.3, 0.4) is 0 Å². The molecule has 0 aliphatic rings. The highest BCUT2D eigenvalue weighted by molar-refractivity contribution is 6.02. The van der Waals surface area contributed by atoms with Crippen molar-refractivity contribution in [3.05, 3.63) is 59.6 Å². The van der Waals surface area contributed by atoms with E-state index in [0.717, 1.165) is 16.8 Å². The quantitative estimate of drug-likeness (QED) is 0.838. The van der Waals surface area contributed by atoms with Crippen LogP contribution in [0.25, 0.3) is 6.08 Å². The van der Waals surface area contributed by atoms with Crippen molar-refractivity contribution in [1.29, 1.82) is 0 Å². The molecule has 1 amide bonds. The van der Waals surface area contributed by atoms with E-state index in [0.29, 0.717) is 11.7 Å². The first-order chi connectivity index (χ1) is 9.58. The normalized spacial score (nSPS) is 11.2. The molecule has 0 radical (unpaired) electrons. The van der Waals surface area contributed by atoms with Crippen molar-refractivity contribution >= 4 is 17.7 Å². The van der Waals surface area contributed by atoms with Crippen LogP contribution in [-0.4, -0.2) is 5.91 Å². The highest BCUT2D eigenvalue weighted by Crippen LogP contribution is 2.27. The number of benzene rings is 1. The van der Waals surface area contributed by atoms with E-state index >= 15 is 0 Å². The Bertz CT molecular complexity index is 610. The number of carbonyl (C=O) groups excluding carboxylic acids is 1. The Morgan fingerprint density at radius 1 is 1.25 bits per heavy atom. The van der Waals surface area contributed by atoms with Gasteiger partial charge in [0.1, 0.15) is 5.76 Å². The van der Waals surface area contributed by atoms with E-state index in [4.69, 9.17) is 4.42 Å². The van der Waals surface area contributed by atoms with Crippen LogP contribution in [0.5, 0.6) is 0 Å². The lowest BCUT2D eigenvalue weighted by atomic mass is 9.98. The van der Waals surface area contributed by atoms with Crippen LogP contribution >= 0.6 is 0 Å². The first-order valence-corrected chi connectivity index (χ1v) is 6.70. The van der Waals surface area contributed by atoms with Crippen molar-refractivity contribution in [2.24, 2.45) is 0 Å². The summed E-state index contributed by atoms with van der Waals surface area (Å²) in [4.78, 5) is 12.0. The zero-order valence-corrected chi connectivity index (χ0v) is 12.0. The molecule has 3 heteroatoms. The summed E-state index contributed by atoms with van der Waals surface area (Å²) in [7, 11) is 0. The Labute approximate surface area is 119 Å². The third kappa shape index (κ3) is 3.38. The maximum absolute atomic E-state index is 12.0. The van der Waals surface area contributed by atoms with Gasteiger partial charge in [-0.05, 0) is 42.2 Å². The van der Waals surface area contributed by atoms with Crippen LogP contribution in [0.15, 0.2) is 47.1 Å². The molecule has 2 aromatic rings. The van der Waals surface area contributed by atoms with Gasteiger partial charge >= 0.3 is 0 Å². The maximum atomic E-state index is 12.0. The lowest BCUT2D eigenvalue weighted by molar-refractivity contribution is -0.111. The summed E-state index contributed by atoms with van der Waals surface area (Å²) in [5.74, 6) is 0.867. The highest BCUT2D eigenvalue weighted by Gasteiger charge is 2.10. The minimum Gasteiger partial charge on any atom is -0.465 e. The van der Waals surface area contributed by atoms with Crippen molar-refractivity contribution in [2.45, 2.75) is 26.7 Å². The average molecular weight is 269 g/mol. The Kier molecular flexibility index (Phi) is 4.41. The predicted octanol–water partition coefficient (Wildman–Crippen LogP) is 4.36. The third-order valence-electron chi connectivity index (χ3n) is 3.12. The molecule has 0 fully saturated rings. The fourth-order valence-electron chi connectivity index (χ4n) is 2.05. The van der Waals surface area contributed by atoms with Gasteiger partial charge in [-0.15, -0.1) is 0 Å². The molecule has 2 rings (SSSR count). The van der Waals surface area contributed by atoms with Gasteiger partial charge in [0.05, 0.1) is 6.26 Å². The minimum atomic E-state index is -0.155. The second-order valence-corrected chi connectivity index (χ2v) is 5.03. The fourth-order valence-corrected chi connectivity index (χ4v) is 2.05.